The maximum Gasteiger partial charge on any atom is 0.129 e. The van der Waals surface area contributed by atoms with Gasteiger partial charge in [-0.05, 0) is 37.9 Å². The number of benzene rings is 1. The van der Waals surface area contributed by atoms with E-state index in [-0.39, 0.29) is 11.9 Å². The molecule has 0 aliphatic carbocycles. The van der Waals surface area contributed by atoms with E-state index >= 15 is 0 Å². The highest BCUT2D eigenvalue weighted by Gasteiger charge is 2.10. The summed E-state index contributed by atoms with van der Waals surface area (Å²) in [6, 6.07) is 5.27. The van der Waals surface area contributed by atoms with Crippen LogP contribution in [0, 0.1) is 11.7 Å². The molecule has 0 radical (unpaired) electrons. The predicted molar refractivity (Wildman–Crippen MR) is 70.0 cm³/mol. The Balaban J connectivity index is 2.55. The van der Waals surface area contributed by atoms with Gasteiger partial charge in [-0.15, -0.1) is 0 Å². The second-order valence-electron chi connectivity index (χ2n) is 4.52. The van der Waals surface area contributed by atoms with E-state index in [2.05, 4.69) is 35.1 Å². The lowest BCUT2D eigenvalue weighted by atomic mass is 10.1. The van der Waals surface area contributed by atoms with Crippen molar-refractivity contribution in [3.8, 4) is 0 Å². The summed E-state index contributed by atoms with van der Waals surface area (Å²) in [4.78, 5) is 0. The topological polar surface area (TPSA) is 12.0 Å². The van der Waals surface area contributed by atoms with Crippen LogP contribution in [0.4, 0.5) is 4.39 Å². The average molecular weight is 288 g/mol. The summed E-state index contributed by atoms with van der Waals surface area (Å²) < 4.78 is 14.4. The molecular formula is C13H19BrFN. The summed E-state index contributed by atoms with van der Waals surface area (Å²) in [5, 5.41) is 3.34. The molecule has 1 unspecified atom stereocenters. The van der Waals surface area contributed by atoms with Crippen LogP contribution >= 0.6 is 15.9 Å². The van der Waals surface area contributed by atoms with Crippen LogP contribution < -0.4 is 5.32 Å². The Hall–Kier alpha value is -0.410. The van der Waals surface area contributed by atoms with E-state index < -0.39 is 0 Å². The first-order chi connectivity index (χ1) is 7.50. The van der Waals surface area contributed by atoms with Crippen molar-refractivity contribution in [1.29, 1.82) is 0 Å². The lowest BCUT2D eigenvalue weighted by Gasteiger charge is -2.16. The van der Waals surface area contributed by atoms with E-state index in [1.54, 1.807) is 0 Å². The molecule has 1 atom stereocenters. The minimum atomic E-state index is -0.154. The molecular weight excluding hydrogens is 269 g/mol. The van der Waals surface area contributed by atoms with Gasteiger partial charge < -0.3 is 5.32 Å². The summed E-state index contributed by atoms with van der Waals surface area (Å²) in [7, 11) is 0. The van der Waals surface area contributed by atoms with Crippen LogP contribution in [-0.4, -0.2) is 6.54 Å². The van der Waals surface area contributed by atoms with Crippen molar-refractivity contribution < 1.29 is 4.39 Å². The Kier molecular flexibility index (Phi) is 5.42. The lowest BCUT2D eigenvalue weighted by molar-refractivity contribution is 0.482. The zero-order chi connectivity index (χ0) is 12.1. The quantitative estimate of drug-likeness (QED) is 0.852. The maximum atomic E-state index is 13.6. The first kappa shape index (κ1) is 13.7. The summed E-state index contributed by atoms with van der Waals surface area (Å²) in [5.74, 6) is 0.522. The third-order valence-corrected chi connectivity index (χ3v) is 3.09. The molecule has 0 aromatic heterocycles. The van der Waals surface area contributed by atoms with E-state index in [1.165, 1.54) is 6.07 Å². The van der Waals surface area contributed by atoms with Gasteiger partial charge in [-0.1, -0.05) is 35.8 Å². The Morgan fingerprint density at radius 2 is 2.00 bits per heavy atom. The van der Waals surface area contributed by atoms with Crippen molar-refractivity contribution in [3.05, 3.63) is 34.1 Å². The molecule has 90 valence electrons. The minimum Gasteiger partial charge on any atom is -0.310 e. The second-order valence-corrected chi connectivity index (χ2v) is 5.44. The molecule has 1 nitrogen and oxygen atoms in total. The average Bonchev–Trinajstić information content (AvgIpc) is 2.16. The Labute approximate surface area is 106 Å². The molecule has 1 N–H and O–H groups in total. The fourth-order valence-electron chi connectivity index (χ4n) is 1.55. The SMILES string of the molecule is CC(C)CCNC(C)c1ccc(Br)cc1F. The van der Waals surface area contributed by atoms with Crippen LogP contribution in [0.2, 0.25) is 0 Å². The van der Waals surface area contributed by atoms with Crippen molar-refractivity contribution >= 4 is 15.9 Å². The smallest absolute Gasteiger partial charge is 0.129 e. The standard InChI is InChI=1S/C13H19BrFN/c1-9(2)6-7-16-10(3)12-5-4-11(14)8-13(12)15/h4-5,8-10,16H,6-7H2,1-3H3. The van der Waals surface area contributed by atoms with Gasteiger partial charge in [0.1, 0.15) is 5.82 Å². The monoisotopic (exact) mass is 287 g/mol. The highest BCUT2D eigenvalue weighted by molar-refractivity contribution is 9.10. The first-order valence-corrected chi connectivity index (χ1v) is 6.48. The Morgan fingerprint density at radius 3 is 2.56 bits per heavy atom. The van der Waals surface area contributed by atoms with Crippen LogP contribution in [0.3, 0.4) is 0 Å². The van der Waals surface area contributed by atoms with Crippen LogP contribution in [0.15, 0.2) is 22.7 Å². The molecule has 1 aromatic rings. The zero-order valence-electron chi connectivity index (χ0n) is 10.1. The molecule has 0 saturated heterocycles. The molecule has 0 heterocycles. The van der Waals surface area contributed by atoms with E-state index in [9.17, 15) is 4.39 Å². The van der Waals surface area contributed by atoms with Crippen molar-refractivity contribution in [2.45, 2.75) is 33.2 Å². The minimum absolute atomic E-state index is 0.0619. The summed E-state index contributed by atoms with van der Waals surface area (Å²) in [6.45, 7) is 7.29. The van der Waals surface area contributed by atoms with E-state index in [4.69, 9.17) is 0 Å². The first-order valence-electron chi connectivity index (χ1n) is 5.69. The van der Waals surface area contributed by atoms with Gasteiger partial charge in [-0.2, -0.15) is 0 Å². The molecule has 1 aromatic carbocycles. The van der Waals surface area contributed by atoms with Gasteiger partial charge in [0.15, 0.2) is 0 Å². The molecule has 0 amide bonds. The van der Waals surface area contributed by atoms with Crippen molar-refractivity contribution in [3.63, 3.8) is 0 Å². The van der Waals surface area contributed by atoms with Crippen LogP contribution in [0.5, 0.6) is 0 Å². The molecule has 16 heavy (non-hydrogen) atoms. The van der Waals surface area contributed by atoms with Crippen LogP contribution in [0.25, 0.3) is 0 Å². The van der Waals surface area contributed by atoms with Gasteiger partial charge in [0.25, 0.3) is 0 Å². The van der Waals surface area contributed by atoms with Gasteiger partial charge in [-0.25, -0.2) is 4.39 Å². The molecule has 0 fully saturated rings. The number of hydrogen-bond donors (Lipinski definition) is 1. The highest BCUT2D eigenvalue weighted by Crippen LogP contribution is 2.20. The molecule has 0 aliphatic rings. The van der Waals surface area contributed by atoms with Crippen molar-refractivity contribution in [1.82, 2.24) is 5.32 Å². The van der Waals surface area contributed by atoms with Crippen molar-refractivity contribution in [2.75, 3.05) is 6.54 Å². The second kappa shape index (κ2) is 6.36. The largest absolute Gasteiger partial charge is 0.310 e. The predicted octanol–water partition coefficient (Wildman–Crippen LogP) is 4.28. The third-order valence-electron chi connectivity index (χ3n) is 2.60. The van der Waals surface area contributed by atoms with Gasteiger partial charge in [-0.3, -0.25) is 0 Å². The number of rotatable bonds is 5. The zero-order valence-corrected chi connectivity index (χ0v) is 11.6. The van der Waals surface area contributed by atoms with Gasteiger partial charge in [0.2, 0.25) is 0 Å². The lowest BCUT2D eigenvalue weighted by Crippen LogP contribution is -2.21. The molecule has 3 heteroatoms. The van der Waals surface area contributed by atoms with Crippen LogP contribution in [-0.2, 0) is 0 Å². The summed E-state index contributed by atoms with van der Waals surface area (Å²) in [5.41, 5.74) is 0.729. The van der Waals surface area contributed by atoms with Crippen LogP contribution in [0.1, 0.15) is 38.8 Å². The van der Waals surface area contributed by atoms with Gasteiger partial charge in [0.05, 0.1) is 0 Å². The fraction of sp³-hybridized carbons (Fsp3) is 0.538. The molecule has 0 aliphatic heterocycles. The van der Waals surface area contributed by atoms with E-state index in [0.29, 0.717) is 5.92 Å². The highest BCUT2D eigenvalue weighted by atomic mass is 79.9. The normalized spacial score (nSPS) is 13.1. The third kappa shape index (κ3) is 4.22. The van der Waals surface area contributed by atoms with E-state index in [0.717, 1.165) is 23.0 Å². The maximum absolute atomic E-state index is 13.6. The Bertz CT molecular complexity index is 339. The Morgan fingerprint density at radius 1 is 1.31 bits per heavy atom. The number of halogens is 2. The molecule has 0 bridgehead atoms. The fourth-order valence-corrected chi connectivity index (χ4v) is 1.88. The number of hydrogen-bond acceptors (Lipinski definition) is 1. The summed E-state index contributed by atoms with van der Waals surface area (Å²) in [6.07, 6.45) is 1.11. The van der Waals surface area contributed by atoms with Crippen molar-refractivity contribution in [2.24, 2.45) is 5.92 Å². The summed E-state index contributed by atoms with van der Waals surface area (Å²) >= 11 is 3.26. The molecule has 0 spiro atoms. The van der Waals surface area contributed by atoms with E-state index in [1.807, 2.05) is 19.1 Å². The van der Waals surface area contributed by atoms with Gasteiger partial charge >= 0.3 is 0 Å². The number of nitrogens with one attached hydrogen (secondary N) is 1. The van der Waals surface area contributed by atoms with Gasteiger partial charge in [0, 0.05) is 16.1 Å². The molecule has 1 rings (SSSR count). The molecule has 0 saturated carbocycles.